The van der Waals surface area contributed by atoms with Crippen molar-refractivity contribution < 1.29 is 0 Å². The van der Waals surface area contributed by atoms with Crippen molar-refractivity contribution in [3.63, 3.8) is 0 Å². The van der Waals surface area contributed by atoms with Crippen molar-refractivity contribution in [1.82, 2.24) is 49.0 Å². The summed E-state index contributed by atoms with van der Waals surface area (Å²) in [5.74, 6) is 3.29. The van der Waals surface area contributed by atoms with E-state index in [-0.39, 0.29) is 10.6 Å². The van der Waals surface area contributed by atoms with Crippen LogP contribution in [-0.4, -0.2) is 49.0 Å². The Balaban J connectivity index is 0.000000115. The zero-order valence-corrected chi connectivity index (χ0v) is 43.0. The lowest BCUT2D eigenvalue weighted by Crippen LogP contribution is -1.97. The first-order valence-corrected chi connectivity index (χ1v) is 25.3. The van der Waals surface area contributed by atoms with Crippen molar-refractivity contribution in [2.75, 3.05) is 0 Å². The quantitative estimate of drug-likeness (QED) is 0.155. The Bertz CT molecular complexity index is 3670. The summed E-state index contributed by atoms with van der Waals surface area (Å²) < 4.78 is 5.37. The van der Waals surface area contributed by atoms with E-state index in [1.165, 1.54) is 0 Å². The van der Waals surface area contributed by atoms with E-state index in [0.717, 1.165) is 71.6 Å². The third kappa shape index (κ3) is 12.4. The largest absolute Gasteiger partial charge is 0.299 e. The van der Waals surface area contributed by atoms with Crippen molar-refractivity contribution in [3.05, 3.63) is 276 Å². The van der Waals surface area contributed by atoms with E-state index in [0.29, 0.717) is 23.3 Å². The van der Waals surface area contributed by atoms with E-state index >= 15 is 0 Å². The molecule has 0 aliphatic rings. The minimum Gasteiger partial charge on any atom is -0.299 e. The number of para-hydroxylation sites is 5. The van der Waals surface area contributed by atoms with Gasteiger partial charge < -0.3 is 0 Å². The summed E-state index contributed by atoms with van der Waals surface area (Å²) in [6.45, 7) is 0. The van der Waals surface area contributed by atoms with E-state index < -0.39 is 0 Å². The Kier molecular flexibility index (Phi) is 16.0. The van der Waals surface area contributed by atoms with Gasteiger partial charge in [0, 0.05) is 43.7 Å². The van der Waals surface area contributed by atoms with Crippen LogP contribution in [0.15, 0.2) is 266 Å². The average Bonchev–Trinajstić information content (AvgIpc) is 4.10. The van der Waals surface area contributed by atoms with Crippen LogP contribution in [-0.2, 0) is 0 Å². The lowest BCUT2D eigenvalue weighted by atomic mass is 10.2. The fraction of sp³-hybridized carbons (Fsp3) is 0. The molecule has 4 heterocycles. The van der Waals surface area contributed by atoms with E-state index in [4.69, 9.17) is 28.2 Å². The highest BCUT2D eigenvalue weighted by molar-refractivity contribution is 9.10. The lowest BCUT2D eigenvalue weighted by molar-refractivity contribution is 1.07. The maximum atomic E-state index is 5.99. The van der Waals surface area contributed by atoms with Gasteiger partial charge in [-0.05, 0) is 83.9 Å². The number of hydrogen-bond donors (Lipinski definition) is 0. The molecule has 13 aromatic rings. The van der Waals surface area contributed by atoms with Crippen LogP contribution in [0.3, 0.4) is 0 Å². The number of halogens is 3. The number of benzene rings is 9. The highest BCUT2D eigenvalue weighted by Gasteiger charge is 2.14. The number of nitrogens with zero attached hydrogens (tertiary/aromatic N) is 10. The Hall–Kier alpha value is -9.00. The van der Waals surface area contributed by atoms with Gasteiger partial charge in [0.1, 0.15) is 12.2 Å². The molecule has 0 aliphatic heterocycles. The second-order valence-corrected chi connectivity index (χ2v) is 18.1. The molecule has 0 N–H and O–H groups in total. The standard InChI is InChI=1S/C19H13BrN2.2C15H10ClN3.C13H10N2/c20-15-10-12-16(13-11-15)22-18-9-5-4-8-17(18)21-19(22)14-6-2-1-3-7-14;2*16-15-18-13(11-7-3-1-4-8-11)17-14(19-15)12-9-5-2-6-10-12;1-2-6-11(7-3-1)15-10-14-12-8-4-5-9-13(12)15/h1-13H;2*1-10H;1-10H. The molecule has 13 heteroatoms. The van der Waals surface area contributed by atoms with Crippen molar-refractivity contribution in [2.24, 2.45) is 0 Å². The van der Waals surface area contributed by atoms with Gasteiger partial charge in [-0.3, -0.25) is 9.13 Å². The summed E-state index contributed by atoms with van der Waals surface area (Å²) in [7, 11) is 0. The van der Waals surface area contributed by atoms with E-state index in [1.54, 1.807) is 0 Å². The Morgan fingerprint density at radius 1 is 0.307 bits per heavy atom. The summed E-state index contributed by atoms with van der Waals surface area (Å²) in [4.78, 5) is 34.8. The van der Waals surface area contributed by atoms with Crippen LogP contribution in [0, 0.1) is 0 Å². The van der Waals surface area contributed by atoms with Gasteiger partial charge in [-0.1, -0.05) is 210 Å². The van der Waals surface area contributed by atoms with Gasteiger partial charge in [0.2, 0.25) is 10.6 Å². The van der Waals surface area contributed by atoms with Crippen molar-refractivity contribution >= 4 is 61.2 Å². The average molecular weight is 1080 g/mol. The number of imidazole rings is 2. The van der Waals surface area contributed by atoms with E-state index in [2.05, 4.69) is 127 Å². The molecule has 0 atom stereocenters. The van der Waals surface area contributed by atoms with E-state index in [1.807, 2.05) is 194 Å². The molecular weight excluding hydrogens is 1040 g/mol. The molecule has 10 nitrogen and oxygen atoms in total. The Morgan fingerprint density at radius 3 is 1.11 bits per heavy atom. The van der Waals surface area contributed by atoms with Gasteiger partial charge in [0.05, 0.1) is 22.1 Å². The first-order valence-electron chi connectivity index (χ1n) is 23.7. The fourth-order valence-corrected chi connectivity index (χ4v) is 8.56. The monoisotopic (exact) mass is 1080 g/mol. The summed E-state index contributed by atoms with van der Waals surface area (Å²) in [5.41, 5.74) is 11.3. The molecule has 4 aromatic heterocycles. The van der Waals surface area contributed by atoms with Gasteiger partial charge in [-0.25, -0.2) is 19.9 Å². The molecule has 0 saturated heterocycles. The predicted octanol–water partition coefficient (Wildman–Crippen LogP) is 16.2. The minimum absolute atomic E-state index is 0.202. The third-order valence-corrected chi connectivity index (χ3v) is 12.4. The number of fused-ring (bicyclic) bond motifs is 2. The molecular formula is C62H43BrCl2N10. The summed E-state index contributed by atoms with van der Waals surface area (Å²) in [5, 5.41) is 0.403. The highest BCUT2D eigenvalue weighted by Crippen LogP contribution is 2.30. The Labute approximate surface area is 451 Å². The topological polar surface area (TPSA) is 113 Å². The maximum Gasteiger partial charge on any atom is 0.226 e. The third-order valence-electron chi connectivity index (χ3n) is 11.5. The number of aromatic nitrogens is 10. The van der Waals surface area contributed by atoms with Crippen LogP contribution in [0.5, 0.6) is 0 Å². The molecule has 0 fully saturated rings. The fourth-order valence-electron chi connectivity index (χ4n) is 7.98. The Morgan fingerprint density at radius 2 is 0.667 bits per heavy atom. The molecule has 75 heavy (non-hydrogen) atoms. The zero-order valence-electron chi connectivity index (χ0n) is 39.9. The molecule has 0 bridgehead atoms. The highest BCUT2D eigenvalue weighted by atomic mass is 79.9. The summed E-state index contributed by atoms with van der Waals surface area (Å²) in [6.07, 6.45) is 1.86. The normalized spacial score (nSPS) is 10.6. The van der Waals surface area contributed by atoms with Gasteiger partial charge in [-0.2, -0.15) is 19.9 Å². The smallest absolute Gasteiger partial charge is 0.226 e. The van der Waals surface area contributed by atoms with Crippen molar-refractivity contribution in [2.45, 2.75) is 0 Å². The molecule has 0 amide bonds. The molecule has 0 radical (unpaired) electrons. The van der Waals surface area contributed by atoms with Crippen LogP contribution in [0.25, 0.3) is 90.4 Å². The van der Waals surface area contributed by atoms with Gasteiger partial charge in [0.25, 0.3) is 0 Å². The first-order chi connectivity index (χ1) is 36.9. The number of rotatable bonds is 7. The maximum absolute atomic E-state index is 5.99. The van der Waals surface area contributed by atoms with E-state index in [9.17, 15) is 0 Å². The van der Waals surface area contributed by atoms with Gasteiger partial charge >= 0.3 is 0 Å². The van der Waals surface area contributed by atoms with Gasteiger partial charge in [0.15, 0.2) is 23.3 Å². The van der Waals surface area contributed by atoms with Gasteiger partial charge in [-0.15, -0.1) is 0 Å². The number of hydrogen-bond acceptors (Lipinski definition) is 8. The van der Waals surface area contributed by atoms with Crippen LogP contribution < -0.4 is 0 Å². The zero-order chi connectivity index (χ0) is 51.2. The molecule has 9 aromatic carbocycles. The predicted molar refractivity (Wildman–Crippen MR) is 307 cm³/mol. The van der Waals surface area contributed by atoms with Crippen molar-refractivity contribution in [3.8, 4) is 68.3 Å². The molecule has 0 aliphatic carbocycles. The molecule has 362 valence electrons. The first kappa shape index (κ1) is 49.6. The van der Waals surface area contributed by atoms with Crippen LogP contribution in [0.1, 0.15) is 0 Å². The minimum atomic E-state index is 0.202. The van der Waals surface area contributed by atoms with Crippen LogP contribution in [0.4, 0.5) is 0 Å². The lowest BCUT2D eigenvalue weighted by Gasteiger charge is -2.09. The summed E-state index contributed by atoms with van der Waals surface area (Å²) in [6, 6.07) is 84.1. The van der Waals surface area contributed by atoms with Crippen LogP contribution in [0.2, 0.25) is 10.6 Å². The molecule has 13 rings (SSSR count). The SMILES string of the molecule is Brc1ccc(-n2c(-c3ccccc3)nc3ccccc32)cc1.Clc1nc(-c2ccccc2)nc(-c2ccccc2)n1.Clc1nc(-c2ccccc2)nc(-c2ccccc2)n1.c1ccc(-n2cnc3ccccc32)cc1. The van der Waals surface area contributed by atoms with Crippen molar-refractivity contribution in [1.29, 1.82) is 0 Å². The molecule has 0 unspecified atom stereocenters. The molecule has 0 spiro atoms. The molecule has 0 saturated carbocycles. The summed E-state index contributed by atoms with van der Waals surface area (Å²) >= 11 is 15.5. The second-order valence-electron chi connectivity index (χ2n) is 16.5. The van der Waals surface area contributed by atoms with Crippen LogP contribution >= 0.6 is 39.1 Å². The second kappa shape index (κ2) is 24.1.